The fraction of sp³-hybridized carbons (Fsp3) is 0.692. The third-order valence-corrected chi connectivity index (χ3v) is 3.95. The van der Waals surface area contributed by atoms with E-state index in [4.69, 9.17) is 0 Å². The first-order valence-electron chi connectivity index (χ1n) is 6.49. The maximum atomic E-state index is 11.5. The topological polar surface area (TPSA) is 58.4 Å². The molecule has 2 rings (SSSR count). The zero-order valence-electron chi connectivity index (χ0n) is 11.1. The second-order valence-electron chi connectivity index (χ2n) is 5.28. The van der Waals surface area contributed by atoms with Crippen LogP contribution in [0.3, 0.4) is 0 Å². The van der Waals surface area contributed by atoms with E-state index >= 15 is 0 Å². The Hall–Kier alpha value is -1.36. The van der Waals surface area contributed by atoms with E-state index in [1.807, 2.05) is 26.4 Å². The van der Waals surface area contributed by atoms with Crippen LogP contribution in [0.4, 0.5) is 0 Å². The largest absolute Gasteiger partial charge is 0.481 e. The average Bonchev–Trinajstić information content (AvgIpc) is 2.74. The summed E-state index contributed by atoms with van der Waals surface area (Å²) >= 11 is 0. The molecule has 100 valence electrons. The van der Waals surface area contributed by atoms with Gasteiger partial charge in [0, 0.05) is 31.9 Å². The van der Waals surface area contributed by atoms with Crippen LogP contribution < -0.4 is 0 Å². The Balaban J connectivity index is 2.04. The molecule has 0 bridgehead atoms. The number of hydrogen-bond donors (Lipinski definition) is 1. The van der Waals surface area contributed by atoms with Crippen molar-refractivity contribution in [2.24, 2.45) is 12.5 Å². The second-order valence-corrected chi connectivity index (χ2v) is 5.28. The minimum atomic E-state index is -0.652. The summed E-state index contributed by atoms with van der Waals surface area (Å²) in [6.45, 7) is 4.39. The number of aryl methyl sites for hydroxylation is 1. The van der Waals surface area contributed by atoms with Crippen molar-refractivity contribution in [3.8, 4) is 0 Å². The molecule has 1 N–H and O–H groups in total. The molecule has 0 spiro atoms. The lowest BCUT2D eigenvalue weighted by atomic mass is 9.77. The molecule has 1 unspecified atom stereocenters. The molecule has 1 saturated heterocycles. The Labute approximate surface area is 107 Å². The molecule has 0 amide bonds. The molecule has 1 aliphatic heterocycles. The summed E-state index contributed by atoms with van der Waals surface area (Å²) in [4.78, 5) is 13.7. The number of nitrogens with zero attached hydrogens (tertiary/aromatic N) is 3. The molecule has 5 heteroatoms. The fourth-order valence-electron chi connectivity index (χ4n) is 2.79. The first kappa shape index (κ1) is 13.1. The first-order valence-corrected chi connectivity index (χ1v) is 6.49. The van der Waals surface area contributed by atoms with Crippen molar-refractivity contribution in [1.82, 2.24) is 14.7 Å². The summed E-state index contributed by atoms with van der Waals surface area (Å²) in [5, 5.41) is 13.6. The van der Waals surface area contributed by atoms with E-state index in [0.717, 1.165) is 31.5 Å². The van der Waals surface area contributed by atoms with Crippen LogP contribution in [0, 0.1) is 5.41 Å². The number of carboxylic acids is 1. The van der Waals surface area contributed by atoms with Crippen LogP contribution in [0.25, 0.3) is 0 Å². The van der Waals surface area contributed by atoms with Gasteiger partial charge in [0.1, 0.15) is 0 Å². The standard InChI is InChI=1S/C13H21N3O2/c1-3-13(12(17)18)5-4-6-16(10-13)9-11-7-14-15(2)8-11/h7-8H,3-6,9-10H2,1-2H3,(H,17,18). The summed E-state index contributed by atoms with van der Waals surface area (Å²) in [6, 6.07) is 0. The maximum Gasteiger partial charge on any atom is 0.310 e. The van der Waals surface area contributed by atoms with E-state index in [1.54, 1.807) is 4.68 Å². The molecule has 1 atom stereocenters. The SMILES string of the molecule is CCC1(C(=O)O)CCCN(Cc2cnn(C)c2)C1. The zero-order chi connectivity index (χ0) is 13.2. The number of aliphatic carboxylic acids is 1. The van der Waals surface area contributed by atoms with Crippen LogP contribution in [0.1, 0.15) is 31.7 Å². The maximum absolute atomic E-state index is 11.5. The van der Waals surface area contributed by atoms with Gasteiger partial charge < -0.3 is 5.11 Å². The van der Waals surface area contributed by atoms with Gasteiger partial charge in [-0.2, -0.15) is 5.10 Å². The number of carboxylic acid groups (broad SMARTS) is 1. The van der Waals surface area contributed by atoms with Crippen molar-refractivity contribution in [2.45, 2.75) is 32.7 Å². The lowest BCUT2D eigenvalue weighted by Gasteiger charge is -2.39. The number of rotatable bonds is 4. The van der Waals surface area contributed by atoms with Crippen LogP contribution in [-0.4, -0.2) is 38.8 Å². The van der Waals surface area contributed by atoms with Gasteiger partial charge in [-0.3, -0.25) is 14.4 Å². The third-order valence-electron chi connectivity index (χ3n) is 3.95. The number of aromatic nitrogens is 2. The molecule has 1 aromatic rings. The van der Waals surface area contributed by atoms with Crippen LogP contribution in [0.15, 0.2) is 12.4 Å². The number of carbonyl (C=O) groups is 1. The summed E-state index contributed by atoms with van der Waals surface area (Å²) < 4.78 is 1.78. The van der Waals surface area contributed by atoms with Crippen LogP contribution in [-0.2, 0) is 18.4 Å². The quantitative estimate of drug-likeness (QED) is 0.881. The van der Waals surface area contributed by atoms with E-state index in [1.165, 1.54) is 0 Å². The van der Waals surface area contributed by atoms with Crippen molar-refractivity contribution in [2.75, 3.05) is 13.1 Å². The third kappa shape index (κ3) is 2.56. The number of piperidine rings is 1. The lowest BCUT2D eigenvalue weighted by Crippen LogP contribution is -2.47. The Morgan fingerprint density at radius 2 is 2.39 bits per heavy atom. The minimum Gasteiger partial charge on any atom is -0.481 e. The molecule has 5 nitrogen and oxygen atoms in total. The molecular weight excluding hydrogens is 230 g/mol. The van der Waals surface area contributed by atoms with Gasteiger partial charge in [-0.25, -0.2) is 0 Å². The summed E-state index contributed by atoms with van der Waals surface area (Å²) in [6.07, 6.45) is 6.29. The van der Waals surface area contributed by atoms with Crippen LogP contribution in [0.2, 0.25) is 0 Å². The van der Waals surface area contributed by atoms with Gasteiger partial charge in [0.2, 0.25) is 0 Å². The summed E-state index contributed by atoms with van der Waals surface area (Å²) in [5.74, 6) is -0.652. The van der Waals surface area contributed by atoms with Gasteiger partial charge in [0.05, 0.1) is 11.6 Å². The second kappa shape index (κ2) is 5.10. The molecule has 1 aliphatic rings. The first-order chi connectivity index (χ1) is 8.55. The predicted molar refractivity (Wildman–Crippen MR) is 68.1 cm³/mol. The van der Waals surface area contributed by atoms with E-state index in [9.17, 15) is 9.90 Å². The van der Waals surface area contributed by atoms with Gasteiger partial charge in [-0.1, -0.05) is 6.92 Å². The summed E-state index contributed by atoms with van der Waals surface area (Å²) in [5.41, 5.74) is 0.593. The smallest absolute Gasteiger partial charge is 0.310 e. The highest BCUT2D eigenvalue weighted by molar-refractivity contribution is 5.75. The molecule has 0 radical (unpaired) electrons. The highest BCUT2D eigenvalue weighted by atomic mass is 16.4. The fourth-order valence-corrected chi connectivity index (χ4v) is 2.79. The molecule has 0 aromatic carbocycles. The number of hydrogen-bond acceptors (Lipinski definition) is 3. The molecule has 1 aromatic heterocycles. The Kier molecular flexibility index (Phi) is 3.71. The molecule has 0 aliphatic carbocycles. The molecule has 1 fully saturated rings. The monoisotopic (exact) mass is 251 g/mol. The molecule has 2 heterocycles. The lowest BCUT2D eigenvalue weighted by molar-refractivity contribution is -0.153. The average molecular weight is 251 g/mol. The van der Waals surface area contributed by atoms with Crippen molar-refractivity contribution >= 4 is 5.97 Å². The van der Waals surface area contributed by atoms with E-state index in [0.29, 0.717) is 13.0 Å². The minimum absolute atomic E-state index is 0.555. The van der Waals surface area contributed by atoms with Gasteiger partial charge in [0.15, 0.2) is 0 Å². The molecular formula is C13H21N3O2. The highest BCUT2D eigenvalue weighted by Crippen LogP contribution is 2.34. The van der Waals surface area contributed by atoms with Gasteiger partial charge in [0.25, 0.3) is 0 Å². The van der Waals surface area contributed by atoms with Crippen LogP contribution >= 0.6 is 0 Å². The number of likely N-dealkylation sites (tertiary alicyclic amines) is 1. The molecule has 18 heavy (non-hydrogen) atoms. The van der Waals surface area contributed by atoms with E-state index < -0.39 is 11.4 Å². The van der Waals surface area contributed by atoms with Gasteiger partial charge >= 0.3 is 5.97 Å². The Morgan fingerprint density at radius 1 is 1.61 bits per heavy atom. The van der Waals surface area contributed by atoms with Crippen LogP contribution in [0.5, 0.6) is 0 Å². The van der Waals surface area contributed by atoms with Crippen molar-refractivity contribution in [3.05, 3.63) is 18.0 Å². The normalized spacial score (nSPS) is 25.2. The Bertz CT molecular complexity index is 430. The predicted octanol–water partition coefficient (Wildman–Crippen LogP) is 1.50. The Morgan fingerprint density at radius 3 is 2.94 bits per heavy atom. The zero-order valence-corrected chi connectivity index (χ0v) is 11.1. The van der Waals surface area contributed by atoms with E-state index in [-0.39, 0.29) is 0 Å². The molecule has 0 saturated carbocycles. The highest BCUT2D eigenvalue weighted by Gasteiger charge is 2.40. The van der Waals surface area contributed by atoms with Gasteiger partial charge in [-0.15, -0.1) is 0 Å². The van der Waals surface area contributed by atoms with E-state index in [2.05, 4.69) is 10.00 Å². The van der Waals surface area contributed by atoms with Crippen molar-refractivity contribution in [1.29, 1.82) is 0 Å². The summed E-state index contributed by atoms with van der Waals surface area (Å²) in [7, 11) is 1.90. The van der Waals surface area contributed by atoms with Crippen molar-refractivity contribution in [3.63, 3.8) is 0 Å². The van der Waals surface area contributed by atoms with Gasteiger partial charge in [-0.05, 0) is 25.8 Å². The van der Waals surface area contributed by atoms with Crippen molar-refractivity contribution < 1.29 is 9.90 Å².